The van der Waals surface area contributed by atoms with Gasteiger partial charge >= 0.3 is 0 Å². The number of hydrazine groups is 1. The van der Waals surface area contributed by atoms with Crippen molar-refractivity contribution in [3.63, 3.8) is 0 Å². The highest BCUT2D eigenvalue weighted by Crippen LogP contribution is 2.32. The van der Waals surface area contributed by atoms with Crippen molar-refractivity contribution in [2.75, 3.05) is 16.8 Å². The summed E-state index contributed by atoms with van der Waals surface area (Å²) >= 11 is 0. The highest BCUT2D eigenvalue weighted by atomic mass is 16.2. The predicted octanol–water partition coefficient (Wildman–Crippen LogP) is 0.637. The molecular formula is C15H20N4O3. The van der Waals surface area contributed by atoms with E-state index in [0.29, 0.717) is 5.69 Å². The van der Waals surface area contributed by atoms with Crippen molar-refractivity contribution in [2.45, 2.75) is 26.8 Å². The van der Waals surface area contributed by atoms with Crippen LogP contribution in [0.1, 0.15) is 20.8 Å². The van der Waals surface area contributed by atoms with E-state index in [-0.39, 0.29) is 30.3 Å². The van der Waals surface area contributed by atoms with Crippen molar-refractivity contribution in [3.8, 4) is 0 Å². The Kier molecular flexibility index (Phi) is 4.65. The van der Waals surface area contributed by atoms with E-state index >= 15 is 0 Å². The Bertz CT molecular complexity index is 600. The van der Waals surface area contributed by atoms with Gasteiger partial charge in [-0.3, -0.25) is 30.1 Å². The Morgan fingerprint density at radius 3 is 2.59 bits per heavy atom. The zero-order valence-electron chi connectivity index (χ0n) is 12.8. The highest BCUT2D eigenvalue weighted by Gasteiger charge is 2.34. The molecule has 0 saturated heterocycles. The maximum Gasteiger partial charge on any atom is 0.258 e. The zero-order chi connectivity index (χ0) is 16.3. The fraction of sp³-hybridized carbons (Fsp3) is 0.400. The molecule has 1 aliphatic rings. The Balaban J connectivity index is 2.22. The summed E-state index contributed by atoms with van der Waals surface area (Å²) in [5, 5.41) is 3.21. The van der Waals surface area contributed by atoms with E-state index in [1.807, 2.05) is 32.0 Å². The van der Waals surface area contributed by atoms with Gasteiger partial charge in [0.05, 0.1) is 11.4 Å². The first kappa shape index (κ1) is 15.8. The standard InChI is InChI=1S/C15H20N4O3/c1-9(2)14-15(22)19(8-13(21)18-17-10(3)20)12-7-5-4-6-11(12)16-14/h4-7,9,14,16H,8H2,1-3H3,(H,17,20)(H,18,21). The topological polar surface area (TPSA) is 90.5 Å². The normalized spacial score (nSPS) is 16.8. The second kappa shape index (κ2) is 6.46. The molecule has 1 unspecified atom stereocenters. The van der Waals surface area contributed by atoms with Gasteiger partial charge in [-0.15, -0.1) is 0 Å². The predicted molar refractivity (Wildman–Crippen MR) is 83.0 cm³/mol. The molecule has 3 N–H and O–H groups in total. The number of nitrogens with zero attached hydrogens (tertiary/aromatic N) is 1. The van der Waals surface area contributed by atoms with Crippen LogP contribution in [0.2, 0.25) is 0 Å². The van der Waals surface area contributed by atoms with Crippen LogP contribution in [0.25, 0.3) is 0 Å². The first-order valence-electron chi connectivity index (χ1n) is 7.12. The number of hydrogen-bond acceptors (Lipinski definition) is 4. The first-order chi connectivity index (χ1) is 10.4. The van der Waals surface area contributed by atoms with Crippen molar-refractivity contribution >= 4 is 29.1 Å². The number of anilines is 2. The number of carbonyl (C=O) groups excluding carboxylic acids is 3. The van der Waals surface area contributed by atoms with Gasteiger partial charge in [-0.2, -0.15) is 0 Å². The van der Waals surface area contributed by atoms with E-state index in [9.17, 15) is 14.4 Å². The lowest BCUT2D eigenvalue weighted by atomic mass is 9.99. The van der Waals surface area contributed by atoms with Crippen LogP contribution in [0.4, 0.5) is 11.4 Å². The second-order valence-electron chi connectivity index (χ2n) is 5.54. The molecule has 0 fully saturated rings. The minimum atomic E-state index is -0.456. The summed E-state index contributed by atoms with van der Waals surface area (Å²) < 4.78 is 0. The Morgan fingerprint density at radius 2 is 1.95 bits per heavy atom. The molecule has 0 bridgehead atoms. The molecule has 0 spiro atoms. The molecule has 2 rings (SSSR count). The molecular weight excluding hydrogens is 284 g/mol. The van der Waals surface area contributed by atoms with Gasteiger partial charge in [0.2, 0.25) is 11.8 Å². The van der Waals surface area contributed by atoms with E-state index in [2.05, 4.69) is 16.2 Å². The SMILES string of the molecule is CC(=O)NNC(=O)CN1C(=O)C(C(C)C)Nc2ccccc21. The minimum absolute atomic E-state index is 0.0850. The first-order valence-corrected chi connectivity index (χ1v) is 7.12. The molecule has 3 amide bonds. The van der Waals surface area contributed by atoms with Crippen LogP contribution in [-0.2, 0) is 14.4 Å². The average Bonchev–Trinajstić information content (AvgIpc) is 2.47. The molecule has 1 aromatic rings. The summed E-state index contributed by atoms with van der Waals surface area (Å²) in [5.74, 6) is -0.906. The van der Waals surface area contributed by atoms with Gasteiger partial charge < -0.3 is 5.32 Å². The third-order valence-corrected chi connectivity index (χ3v) is 3.38. The smallest absolute Gasteiger partial charge is 0.258 e. The summed E-state index contributed by atoms with van der Waals surface area (Å²) in [6, 6.07) is 6.94. The van der Waals surface area contributed by atoms with E-state index in [1.165, 1.54) is 11.8 Å². The van der Waals surface area contributed by atoms with Gasteiger partial charge in [0, 0.05) is 6.92 Å². The highest BCUT2D eigenvalue weighted by molar-refractivity contribution is 6.08. The monoisotopic (exact) mass is 304 g/mol. The maximum atomic E-state index is 12.6. The molecule has 118 valence electrons. The van der Waals surface area contributed by atoms with Crippen LogP contribution >= 0.6 is 0 Å². The largest absolute Gasteiger partial charge is 0.372 e. The number of benzene rings is 1. The molecule has 0 radical (unpaired) electrons. The molecule has 1 atom stereocenters. The number of para-hydroxylation sites is 2. The molecule has 7 heteroatoms. The Hall–Kier alpha value is -2.57. The summed E-state index contributed by atoms with van der Waals surface area (Å²) in [7, 11) is 0. The number of fused-ring (bicyclic) bond motifs is 1. The average molecular weight is 304 g/mol. The van der Waals surface area contributed by atoms with Gasteiger partial charge in [-0.1, -0.05) is 26.0 Å². The summed E-state index contributed by atoms with van der Waals surface area (Å²) in [6.45, 7) is 5.03. The van der Waals surface area contributed by atoms with Crippen molar-refractivity contribution in [2.24, 2.45) is 5.92 Å². The van der Waals surface area contributed by atoms with Gasteiger partial charge in [-0.25, -0.2) is 0 Å². The molecule has 7 nitrogen and oxygen atoms in total. The minimum Gasteiger partial charge on any atom is -0.372 e. The third-order valence-electron chi connectivity index (χ3n) is 3.38. The van der Waals surface area contributed by atoms with E-state index in [4.69, 9.17) is 0 Å². The van der Waals surface area contributed by atoms with Gasteiger partial charge in [0.1, 0.15) is 12.6 Å². The number of hydrogen-bond donors (Lipinski definition) is 3. The lowest BCUT2D eigenvalue weighted by Gasteiger charge is -2.36. The van der Waals surface area contributed by atoms with E-state index < -0.39 is 5.91 Å². The van der Waals surface area contributed by atoms with Gasteiger partial charge in [0.25, 0.3) is 5.91 Å². The number of nitrogens with one attached hydrogen (secondary N) is 3. The Labute approximate surface area is 129 Å². The molecule has 0 aliphatic carbocycles. The fourth-order valence-electron chi connectivity index (χ4n) is 2.30. The van der Waals surface area contributed by atoms with Crippen molar-refractivity contribution in [1.82, 2.24) is 10.9 Å². The fourth-order valence-corrected chi connectivity index (χ4v) is 2.30. The summed E-state index contributed by atoms with van der Waals surface area (Å²) in [4.78, 5) is 36.8. The van der Waals surface area contributed by atoms with Crippen LogP contribution in [0.15, 0.2) is 24.3 Å². The maximum absolute atomic E-state index is 12.6. The van der Waals surface area contributed by atoms with Crippen LogP contribution in [-0.4, -0.2) is 30.3 Å². The third kappa shape index (κ3) is 3.36. The van der Waals surface area contributed by atoms with Crippen LogP contribution in [0.3, 0.4) is 0 Å². The molecule has 22 heavy (non-hydrogen) atoms. The van der Waals surface area contributed by atoms with E-state index in [0.717, 1.165) is 5.69 Å². The van der Waals surface area contributed by atoms with Crippen LogP contribution in [0.5, 0.6) is 0 Å². The van der Waals surface area contributed by atoms with Crippen molar-refractivity contribution in [1.29, 1.82) is 0 Å². The molecule has 1 heterocycles. The second-order valence-corrected chi connectivity index (χ2v) is 5.54. The number of carbonyl (C=O) groups is 3. The molecule has 1 aliphatic heterocycles. The molecule has 1 aromatic carbocycles. The number of rotatable bonds is 3. The van der Waals surface area contributed by atoms with E-state index in [1.54, 1.807) is 6.07 Å². The van der Waals surface area contributed by atoms with Crippen LogP contribution < -0.4 is 21.1 Å². The lowest BCUT2D eigenvalue weighted by Crippen LogP contribution is -2.54. The van der Waals surface area contributed by atoms with Crippen molar-refractivity contribution < 1.29 is 14.4 Å². The Morgan fingerprint density at radius 1 is 1.27 bits per heavy atom. The van der Waals surface area contributed by atoms with Crippen molar-refractivity contribution in [3.05, 3.63) is 24.3 Å². The van der Waals surface area contributed by atoms with Gasteiger partial charge in [0.15, 0.2) is 0 Å². The quantitative estimate of drug-likeness (QED) is 0.715. The molecule has 0 saturated carbocycles. The van der Waals surface area contributed by atoms with Crippen LogP contribution in [0, 0.1) is 5.92 Å². The zero-order valence-corrected chi connectivity index (χ0v) is 12.8. The lowest BCUT2D eigenvalue weighted by molar-refractivity contribution is -0.128. The summed E-state index contributed by atoms with van der Waals surface area (Å²) in [6.07, 6.45) is 0. The summed E-state index contributed by atoms with van der Waals surface area (Å²) in [5.41, 5.74) is 5.96. The van der Waals surface area contributed by atoms with Gasteiger partial charge in [-0.05, 0) is 18.1 Å². The number of amides is 3. The molecule has 0 aromatic heterocycles.